The van der Waals surface area contributed by atoms with Crippen LogP contribution in [0, 0.1) is 6.92 Å². The third-order valence-electron chi connectivity index (χ3n) is 6.99. The number of hydrogen-bond acceptors (Lipinski definition) is 8. The maximum absolute atomic E-state index is 12.9. The van der Waals surface area contributed by atoms with Crippen LogP contribution in [0.4, 0.5) is 22.0 Å². The number of aromatic nitrogens is 2. The van der Waals surface area contributed by atoms with Gasteiger partial charge in [-0.25, -0.2) is 14.8 Å². The molecule has 1 aromatic carbocycles. The van der Waals surface area contributed by atoms with E-state index in [0.717, 1.165) is 17.7 Å². The maximum Gasteiger partial charge on any atom is 0.410 e. The summed E-state index contributed by atoms with van der Waals surface area (Å²) in [6.07, 6.45) is 3.67. The molecule has 4 heterocycles. The first-order valence-electron chi connectivity index (χ1n) is 13.0. The van der Waals surface area contributed by atoms with Crippen molar-refractivity contribution in [2.24, 2.45) is 0 Å². The Balaban J connectivity index is 1.27. The normalized spacial score (nSPS) is 23.4. The number of fused-ring (bicyclic) bond motifs is 2. The fourth-order valence-electron chi connectivity index (χ4n) is 5.23. The highest BCUT2D eigenvalue weighted by Gasteiger charge is 2.44. The third-order valence-corrected chi connectivity index (χ3v) is 7.30. The van der Waals surface area contributed by atoms with Crippen molar-refractivity contribution in [1.29, 1.82) is 0 Å². The van der Waals surface area contributed by atoms with Crippen LogP contribution in [0.3, 0.4) is 0 Å². The molecule has 2 atom stereocenters. The molecule has 10 nitrogen and oxygen atoms in total. The van der Waals surface area contributed by atoms with Gasteiger partial charge < -0.3 is 24.4 Å². The van der Waals surface area contributed by atoms with Crippen LogP contribution in [0.25, 0.3) is 0 Å². The Kier molecular flexibility index (Phi) is 7.37. The molecule has 5 rings (SSSR count). The van der Waals surface area contributed by atoms with Crippen molar-refractivity contribution < 1.29 is 23.8 Å². The molecule has 1 aromatic heterocycles. The monoisotopic (exact) mass is 543 g/mol. The fraction of sp³-hybridized carbons (Fsp3) is 0.556. The van der Waals surface area contributed by atoms with Crippen molar-refractivity contribution in [2.75, 3.05) is 30.0 Å². The van der Waals surface area contributed by atoms with Gasteiger partial charge in [0.15, 0.2) is 0 Å². The molecule has 3 aliphatic heterocycles. The van der Waals surface area contributed by atoms with Crippen LogP contribution in [0.15, 0.2) is 24.5 Å². The molecule has 11 heteroatoms. The molecule has 38 heavy (non-hydrogen) atoms. The number of nitrogens with one attached hydrogen (secondary N) is 1. The minimum atomic E-state index is -0.560. The SMILES string of the molecule is Cc1c(Nc2ccc(N3CCCC3=O)cc2Cl)ncnc1OC1CC2COCC(C1)N2C(=O)OC(C)(C)C. The van der Waals surface area contributed by atoms with Gasteiger partial charge in [0.2, 0.25) is 11.8 Å². The molecule has 3 aliphatic rings. The van der Waals surface area contributed by atoms with E-state index >= 15 is 0 Å². The van der Waals surface area contributed by atoms with E-state index in [1.54, 1.807) is 11.0 Å². The zero-order valence-corrected chi connectivity index (χ0v) is 23.0. The van der Waals surface area contributed by atoms with Crippen LogP contribution in [-0.2, 0) is 14.3 Å². The Bertz CT molecular complexity index is 1200. The summed E-state index contributed by atoms with van der Waals surface area (Å²) >= 11 is 6.56. The highest BCUT2D eigenvalue weighted by molar-refractivity contribution is 6.33. The van der Waals surface area contributed by atoms with Crippen LogP contribution in [-0.4, -0.2) is 70.4 Å². The molecule has 204 valence electrons. The molecule has 2 bridgehead atoms. The molecule has 0 aliphatic carbocycles. The number of amides is 2. The number of benzene rings is 1. The number of ether oxygens (including phenoxy) is 3. The number of rotatable bonds is 5. The average Bonchev–Trinajstić information content (AvgIpc) is 3.27. The van der Waals surface area contributed by atoms with Gasteiger partial charge in [-0.1, -0.05) is 11.6 Å². The fourth-order valence-corrected chi connectivity index (χ4v) is 5.45. The Morgan fingerprint density at radius 3 is 2.55 bits per heavy atom. The van der Waals surface area contributed by atoms with Crippen molar-refractivity contribution >= 4 is 40.8 Å². The highest BCUT2D eigenvalue weighted by atomic mass is 35.5. The molecular weight excluding hydrogens is 510 g/mol. The van der Waals surface area contributed by atoms with E-state index in [2.05, 4.69) is 15.3 Å². The molecule has 3 fully saturated rings. The van der Waals surface area contributed by atoms with Gasteiger partial charge in [-0.2, -0.15) is 0 Å². The number of carbonyl (C=O) groups excluding carboxylic acids is 2. The topological polar surface area (TPSA) is 106 Å². The number of morpholine rings is 1. The molecule has 3 saturated heterocycles. The van der Waals surface area contributed by atoms with Gasteiger partial charge in [-0.3, -0.25) is 9.69 Å². The van der Waals surface area contributed by atoms with Gasteiger partial charge in [0.05, 0.1) is 41.6 Å². The van der Waals surface area contributed by atoms with Gasteiger partial charge >= 0.3 is 6.09 Å². The van der Waals surface area contributed by atoms with Gasteiger partial charge in [0, 0.05) is 31.5 Å². The summed E-state index contributed by atoms with van der Waals surface area (Å²) in [5.41, 5.74) is 1.65. The molecular formula is C27H34ClN5O5. The van der Waals surface area contributed by atoms with E-state index in [-0.39, 0.29) is 30.2 Å². The molecule has 1 N–H and O–H groups in total. The lowest BCUT2D eigenvalue weighted by Gasteiger charge is -2.47. The molecule has 2 amide bonds. The quantitative estimate of drug-likeness (QED) is 0.570. The standard InChI is InChI=1S/C27H34ClN5O5/c1-16-24(31-22-8-7-17(12-21(22)28)32-9-5-6-23(32)34)29-15-30-25(16)37-20-10-18-13-36-14-19(11-20)33(18)26(35)38-27(2,3)4/h7-8,12,15,18-20H,5-6,9-11,13-14H2,1-4H3,(H,29,30,31). The van der Waals surface area contributed by atoms with E-state index in [4.69, 9.17) is 25.8 Å². The van der Waals surface area contributed by atoms with Crippen molar-refractivity contribution in [1.82, 2.24) is 14.9 Å². The number of nitrogens with zero attached hydrogens (tertiary/aromatic N) is 4. The predicted molar refractivity (Wildman–Crippen MR) is 143 cm³/mol. The average molecular weight is 544 g/mol. The maximum atomic E-state index is 12.9. The van der Waals surface area contributed by atoms with Gasteiger partial charge in [0.1, 0.15) is 23.9 Å². The van der Waals surface area contributed by atoms with E-state index in [1.165, 1.54) is 6.33 Å². The predicted octanol–water partition coefficient (Wildman–Crippen LogP) is 4.85. The molecule has 2 unspecified atom stereocenters. The zero-order chi connectivity index (χ0) is 27.0. The van der Waals surface area contributed by atoms with Crippen molar-refractivity contribution in [3.05, 3.63) is 35.1 Å². The smallest absolute Gasteiger partial charge is 0.410 e. The third kappa shape index (κ3) is 5.66. The Hall–Kier alpha value is -3.11. The van der Waals surface area contributed by atoms with E-state index in [0.29, 0.717) is 61.4 Å². The number of halogens is 1. The minimum absolute atomic E-state index is 0.114. The number of hydrogen-bond donors (Lipinski definition) is 1. The summed E-state index contributed by atoms with van der Waals surface area (Å²) in [5.74, 6) is 1.17. The zero-order valence-electron chi connectivity index (χ0n) is 22.2. The van der Waals surface area contributed by atoms with E-state index < -0.39 is 5.60 Å². The summed E-state index contributed by atoms with van der Waals surface area (Å²) in [7, 11) is 0. The van der Waals surface area contributed by atoms with Gasteiger partial charge in [0.25, 0.3) is 0 Å². The van der Waals surface area contributed by atoms with E-state index in [1.807, 2.05) is 44.7 Å². The lowest BCUT2D eigenvalue weighted by molar-refractivity contribution is -0.117. The Morgan fingerprint density at radius 2 is 1.92 bits per heavy atom. The van der Waals surface area contributed by atoms with Gasteiger partial charge in [-0.05, 0) is 52.3 Å². The first-order valence-corrected chi connectivity index (χ1v) is 13.4. The second-order valence-electron chi connectivity index (χ2n) is 11.0. The molecule has 0 radical (unpaired) electrons. The van der Waals surface area contributed by atoms with Crippen LogP contribution in [0.1, 0.15) is 52.0 Å². The van der Waals surface area contributed by atoms with Crippen LogP contribution in [0.2, 0.25) is 5.02 Å². The van der Waals surface area contributed by atoms with Crippen molar-refractivity contribution in [3.63, 3.8) is 0 Å². The first kappa shape index (κ1) is 26.5. The summed E-state index contributed by atoms with van der Waals surface area (Å²) in [6.45, 7) is 9.10. The number of piperidine rings is 1. The largest absolute Gasteiger partial charge is 0.474 e. The van der Waals surface area contributed by atoms with Crippen molar-refractivity contribution in [3.8, 4) is 5.88 Å². The van der Waals surface area contributed by atoms with E-state index in [9.17, 15) is 9.59 Å². The lowest BCUT2D eigenvalue weighted by Crippen LogP contribution is -2.61. The second kappa shape index (κ2) is 10.6. The summed E-state index contributed by atoms with van der Waals surface area (Å²) in [6, 6.07) is 5.27. The summed E-state index contributed by atoms with van der Waals surface area (Å²) < 4.78 is 17.7. The van der Waals surface area contributed by atoms with Crippen LogP contribution in [0.5, 0.6) is 5.88 Å². The lowest BCUT2D eigenvalue weighted by atomic mass is 9.92. The summed E-state index contributed by atoms with van der Waals surface area (Å²) in [4.78, 5) is 37.3. The number of anilines is 3. The van der Waals surface area contributed by atoms with Crippen LogP contribution < -0.4 is 15.0 Å². The Labute approximate surface area is 227 Å². The second-order valence-corrected chi connectivity index (χ2v) is 11.4. The number of carbonyl (C=O) groups is 2. The van der Waals surface area contributed by atoms with Gasteiger partial charge in [-0.15, -0.1) is 0 Å². The molecule has 2 aromatic rings. The molecule has 0 spiro atoms. The Morgan fingerprint density at radius 1 is 1.18 bits per heavy atom. The molecule has 0 saturated carbocycles. The van der Waals surface area contributed by atoms with Crippen molar-refractivity contribution in [2.45, 2.75) is 77.2 Å². The van der Waals surface area contributed by atoms with Crippen LogP contribution >= 0.6 is 11.6 Å². The summed E-state index contributed by atoms with van der Waals surface area (Å²) in [5, 5.41) is 3.77. The highest BCUT2D eigenvalue weighted by Crippen LogP contribution is 2.35. The minimum Gasteiger partial charge on any atom is -0.474 e. The first-order chi connectivity index (χ1) is 18.1.